The number of hydrogen-bond donors (Lipinski definition) is 0. The molecule has 2 rings (SSSR count). The predicted octanol–water partition coefficient (Wildman–Crippen LogP) is 4.52. The minimum Gasteiger partial charge on any atom is -0.328 e. The first kappa shape index (κ1) is 12.2. The Morgan fingerprint density at radius 1 is 1.24 bits per heavy atom. The Balaban J connectivity index is 2.41. The average molecular weight is 230 g/mol. The zero-order valence-corrected chi connectivity index (χ0v) is 11.3. The van der Waals surface area contributed by atoms with Gasteiger partial charge >= 0.3 is 0 Å². The van der Waals surface area contributed by atoms with Crippen LogP contribution in [0.25, 0.3) is 11.0 Å². The quantitative estimate of drug-likeness (QED) is 0.755. The molecule has 0 N–H and O–H groups in total. The molecular formula is C15H22N2. The summed E-state index contributed by atoms with van der Waals surface area (Å²) in [5, 5.41) is 0. The summed E-state index contributed by atoms with van der Waals surface area (Å²) in [7, 11) is 0. The molecule has 2 aromatic rings. The maximum atomic E-state index is 4.53. The number of aromatic nitrogens is 2. The van der Waals surface area contributed by atoms with Gasteiger partial charge in [0.2, 0.25) is 0 Å². The normalized spacial score (nSPS) is 13.5. The van der Waals surface area contributed by atoms with Crippen LogP contribution in [-0.4, -0.2) is 9.55 Å². The van der Waals surface area contributed by atoms with Crippen molar-refractivity contribution in [3.63, 3.8) is 0 Å². The van der Waals surface area contributed by atoms with Gasteiger partial charge in [-0.3, -0.25) is 0 Å². The molecule has 92 valence electrons. The minimum atomic E-state index is 0.537. The van der Waals surface area contributed by atoms with Crippen LogP contribution in [-0.2, 0) is 0 Å². The maximum absolute atomic E-state index is 4.53. The van der Waals surface area contributed by atoms with Crippen LogP contribution in [0.4, 0.5) is 0 Å². The summed E-state index contributed by atoms with van der Waals surface area (Å²) in [4.78, 5) is 4.53. The third kappa shape index (κ3) is 2.36. The van der Waals surface area contributed by atoms with E-state index in [1.165, 1.54) is 23.9 Å². The van der Waals surface area contributed by atoms with E-state index < -0.39 is 0 Å². The Kier molecular flexibility index (Phi) is 3.51. The number of hydrogen-bond acceptors (Lipinski definition) is 1. The zero-order chi connectivity index (χ0) is 12.4. The fourth-order valence-corrected chi connectivity index (χ4v) is 2.32. The molecule has 0 radical (unpaired) electrons. The van der Waals surface area contributed by atoms with Crippen molar-refractivity contribution in [3.8, 4) is 0 Å². The molecule has 0 saturated carbocycles. The molecule has 0 aliphatic carbocycles. The van der Waals surface area contributed by atoms with Gasteiger partial charge in [0, 0.05) is 6.04 Å². The third-order valence-corrected chi connectivity index (χ3v) is 3.45. The van der Waals surface area contributed by atoms with Gasteiger partial charge in [-0.15, -0.1) is 0 Å². The van der Waals surface area contributed by atoms with Gasteiger partial charge in [0.15, 0.2) is 0 Å². The van der Waals surface area contributed by atoms with Crippen molar-refractivity contribution in [2.45, 2.75) is 52.5 Å². The Bertz CT molecular complexity index is 497. The monoisotopic (exact) mass is 230 g/mol. The van der Waals surface area contributed by atoms with E-state index in [1.807, 2.05) is 6.33 Å². The van der Waals surface area contributed by atoms with E-state index in [1.54, 1.807) is 0 Å². The molecule has 0 aliphatic rings. The van der Waals surface area contributed by atoms with Gasteiger partial charge in [-0.2, -0.15) is 0 Å². The lowest BCUT2D eigenvalue weighted by Gasteiger charge is -2.13. The van der Waals surface area contributed by atoms with E-state index in [-0.39, 0.29) is 0 Å². The van der Waals surface area contributed by atoms with Crippen LogP contribution >= 0.6 is 0 Å². The van der Waals surface area contributed by atoms with Crippen LogP contribution in [0.15, 0.2) is 24.5 Å². The standard InChI is InChI=1S/C15H22N2/c1-5-6-12(4)17-10-16-14-9-13(11(2)3)7-8-15(14)17/h7-12H,5-6H2,1-4H3. The third-order valence-electron chi connectivity index (χ3n) is 3.45. The maximum Gasteiger partial charge on any atom is 0.0960 e. The van der Waals surface area contributed by atoms with E-state index in [0.717, 1.165) is 5.52 Å². The minimum absolute atomic E-state index is 0.537. The number of imidazole rings is 1. The highest BCUT2D eigenvalue weighted by atomic mass is 15.1. The summed E-state index contributed by atoms with van der Waals surface area (Å²) < 4.78 is 2.29. The molecule has 1 atom stereocenters. The first-order chi connectivity index (χ1) is 8.13. The van der Waals surface area contributed by atoms with Crippen LogP contribution in [0.1, 0.15) is 58.1 Å². The molecule has 2 nitrogen and oxygen atoms in total. The van der Waals surface area contributed by atoms with Crippen LogP contribution in [0, 0.1) is 0 Å². The van der Waals surface area contributed by atoms with Gasteiger partial charge in [0.25, 0.3) is 0 Å². The zero-order valence-electron chi connectivity index (χ0n) is 11.3. The summed E-state index contributed by atoms with van der Waals surface area (Å²) in [6.45, 7) is 8.93. The number of fused-ring (bicyclic) bond motifs is 1. The van der Waals surface area contributed by atoms with E-state index >= 15 is 0 Å². The lowest BCUT2D eigenvalue weighted by Crippen LogP contribution is -2.02. The van der Waals surface area contributed by atoms with Crippen LogP contribution < -0.4 is 0 Å². The van der Waals surface area contributed by atoms with Crippen molar-refractivity contribution in [2.24, 2.45) is 0 Å². The Hall–Kier alpha value is -1.31. The summed E-state index contributed by atoms with van der Waals surface area (Å²) in [6, 6.07) is 7.19. The highest BCUT2D eigenvalue weighted by Gasteiger charge is 2.09. The lowest BCUT2D eigenvalue weighted by molar-refractivity contribution is 0.512. The Morgan fingerprint density at radius 2 is 2.00 bits per heavy atom. The SMILES string of the molecule is CCCC(C)n1cnc2cc(C(C)C)ccc21. The number of nitrogens with zero attached hydrogens (tertiary/aromatic N) is 2. The van der Waals surface area contributed by atoms with Crippen molar-refractivity contribution < 1.29 is 0 Å². The molecular weight excluding hydrogens is 208 g/mol. The molecule has 1 unspecified atom stereocenters. The van der Waals surface area contributed by atoms with Gasteiger partial charge in [-0.25, -0.2) is 4.98 Å². The first-order valence-electron chi connectivity index (χ1n) is 6.60. The van der Waals surface area contributed by atoms with E-state index in [4.69, 9.17) is 0 Å². The molecule has 17 heavy (non-hydrogen) atoms. The molecule has 0 aliphatic heterocycles. The molecule has 1 aromatic heterocycles. The Morgan fingerprint density at radius 3 is 2.65 bits per heavy atom. The molecule has 2 heteroatoms. The summed E-state index contributed by atoms with van der Waals surface area (Å²) in [5.41, 5.74) is 3.75. The van der Waals surface area contributed by atoms with Gasteiger partial charge in [0.1, 0.15) is 0 Å². The van der Waals surface area contributed by atoms with Gasteiger partial charge < -0.3 is 4.57 Å². The van der Waals surface area contributed by atoms with E-state index in [2.05, 4.69) is 55.4 Å². The van der Waals surface area contributed by atoms with Crippen LogP contribution in [0.3, 0.4) is 0 Å². The topological polar surface area (TPSA) is 17.8 Å². The molecule has 0 bridgehead atoms. The van der Waals surface area contributed by atoms with Crippen LogP contribution in [0.2, 0.25) is 0 Å². The lowest BCUT2D eigenvalue weighted by atomic mass is 10.0. The van der Waals surface area contributed by atoms with Gasteiger partial charge in [-0.05, 0) is 37.0 Å². The largest absolute Gasteiger partial charge is 0.328 e. The summed E-state index contributed by atoms with van der Waals surface area (Å²) in [6.07, 6.45) is 4.40. The summed E-state index contributed by atoms with van der Waals surface area (Å²) in [5.74, 6) is 0.567. The van der Waals surface area contributed by atoms with Gasteiger partial charge in [0.05, 0.1) is 17.4 Å². The Labute approximate surface area is 104 Å². The predicted molar refractivity (Wildman–Crippen MR) is 73.4 cm³/mol. The van der Waals surface area contributed by atoms with Crippen molar-refractivity contribution in [2.75, 3.05) is 0 Å². The van der Waals surface area contributed by atoms with Crippen LogP contribution in [0.5, 0.6) is 0 Å². The van der Waals surface area contributed by atoms with E-state index in [0.29, 0.717) is 12.0 Å². The second kappa shape index (κ2) is 4.91. The van der Waals surface area contributed by atoms with Crippen molar-refractivity contribution in [3.05, 3.63) is 30.1 Å². The molecule has 0 fully saturated rings. The average Bonchev–Trinajstić information content (AvgIpc) is 2.71. The molecule has 0 saturated heterocycles. The van der Waals surface area contributed by atoms with Gasteiger partial charge in [-0.1, -0.05) is 33.3 Å². The molecule has 1 aromatic carbocycles. The van der Waals surface area contributed by atoms with Crippen molar-refractivity contribution >= 4 is 11.0 Å². The fraction of sp³-hybridized carbons (Fsp3) is 0.533. The van der Waals surface area contributed by atoms with E-state index in [9.17, 15) is 0 Å². The summed E-state index contributed by atoms with van der Waals surface area (Å²) >= 11 is 0. The smallest absolute Gasteiger partial charge is 0.0960 e. The van der Waals surface area contributed by atoms with Crippen molar-refractivity contribution in [1.29, 1.82) is 0 Å². The number of rotatable bonds is 4. The van der Waals surface area contributed by atoms with Crippen molar-refractivity contribution in [1.82, 2.24) is 9.55 Å². The number of benzene rings is 1. The molecule has 1 heterocycles. The fourth-order valence-electron chi connectivity index (χ4n) is 2.32. The molecule has 0 amide bonds. The highest BCUT2D eigenvalue weighted by molar-refractivity contribution is 5.76. The first-order valence-corrected chi connectivity index (χ1v) is 6.60. The second-order valence-electron chi connectivity index (χ2n) is 5.19. The molecule has 0 spiro atoms. The second-order valence-corrected chi connectivity index (χ2v) is 5.19. The highest BCUT2D eigenvalue weighted by Crippen LogP contribution is 2.24.